The van der Waals surface area contributed by atoms with Gasteiger partial charge in [-0.1, -0.05) is 13.0 Å². The first-order valence-corrected chi connectivity index (χ1v) is 7.08. The SMILES string of the molecule is CCCNc1cccc(C(=O)NCc2cn(C)nc2C)n1. The summed E-state index contributed by atoms with van der Waals surface area (Å²) in [4.78, 5) is 16.4. The van der Waals surface area contributed by atoms with Gasteiger partial charge in [-0.25, -0.2) is 4.98 Å². The van der Waals surface area contributed by atoms with Crippen LogP contribution in [-0.4, -0.2) is 27.2 Å². The van der Waals surface area contributed by atoms with Gasteiger partial charge in [0.15, 0.2) is 0 Å². The van der Waals surface area contributed by atoms with Gasteiger partial charge in [0.25, 0.3) is 5.91 Å². The van der Waals surface area contributed by atoms with E-state index in [2.05, 4.69) is 27.6 Å². The molecule has 2 heterocycles. The van der Waals surface area contributed by atoms with Crippen molar-refractivity contribution in [2.75, 3.05) is 11.9 Å². The molecule has 6 heteroatoms. The van der Waals surface area contributed by atoms with Gasteiger partial charge in [-0.05, 0) is 25.5 Å². The molecule has 0 fully saturated rings. The minimum Gasteiger partial charge on any atom is -0.370 e. The van der Waals surface area contributed by atoms with Crippen LogP contribution in [0.4, 0.5) is 5.82 Å². The lowest BCUT2D eigenvalue weighted by molar-refractivity contribution is 0.0946. The maximum atomic E-state index is 12.1. The number of hydrogen-bond acceptors (Lipinski definition) is 4. The normalized spacial score (nSPS) is 10.4. The Bertz CT molecular complexity index is 620. The van der Waals surface area contributed by atoms with Gasteiger partial charge in [0.2, 0.25) is 0 Å². The van der Waals surface area contributed by atoms with Gasteiger partial charge in [-0.3, -0.25) is 9.48 Å². The quantitative estimate of drug-likeness (QED) is 0.851. The number of aromatic nitrogens is 3. The highest BCUT2D eigenvalue weighted by Gasteiger charge is 2.09. The van der Waals surface area contributed by atoms with Crippen LogP contribution in [0.2, 0.25) is 0 Å². The summed E-state index contributed by atoms with van der Waals surface area (Å²) in [7, 11) is 1.86. The second-order valence-corrected chi connectivity index (χ2v) is 4.93. The second kappa shape index (κ2) is 6.88. The van der Waals surface area contributed by atoms with Gasteiger partial charge in [0.05, 0.1) is 5.69 Å². The summed E-state index contributed by atoms with van der Waals surface area (Å²) in [5, 5.41) is 10.3. The summed E-state index contributed by atoms with van der Waals surface area (Å²) in [5.74, 6) is 0.542. The fourth-order valence-electron chi connectivity index (χ4n) is 2.00. The van der Waals surface area contributed by atoms with Gasteiger partial charge in [-0.15, -0.1) is 0 Å². The Morgan fingerprint density at radius 1 is 1.38 bits per heavy atom. The highest BCUT2D eigenvalue weighted by molar-refractivity contribution is 5.92. The molecule has 112 valence electrons. The first kappa shape index (κ1) is 15.0. The zero-order valence-corrected chi connectivity index (χ0v) is 12.7. The Balaban J connectivity index is 1.98. The number of rotatable bonds is 6. The summed E-state index contributed by atoms with van der Waals surface area (Å²) in [6, 6.07) is 5.40. The molecule has 0 aliphatic rings. The molecule has 0 aromatic carbocycles. The molecule has 2 aromatic rings. The molecular formula is C15H21N5O. The largest absolute Gasteiger partial charge is 0.370 e. The van der Waals surface area contributed by atoms with E-state index in [0.717, 1.165) is 30.0 Å². The molecule has 0 spiro atoms. The predicted molar refractivity (Wildman–Crippen MR) is 82.1 cm³/mol. The molecule has 21 heavy (non-hydrogen) atoms. The lowest BCUT2D eigenvalue weighted by atomic mass is 10.2. The van der Waals surface area contributed by atoms with Gasteiger partial charge in [0.1, 0.15) is 11.5 Å². The highest BCUT2D eigenvalue weighted by atomic mass is 16.1. The third-order valence-electron chi connectivity index (χ3n) is 3.09. The van der Waals surface area contributed by atoms with E-state index in [4.69, 9.17) is 0 Å². The minimum atomic E-state index is -0.182. The number of carbonyl (C=O) groups is 1. The number of anilines is 1. The highest BCUT2D eigenvalue weighted by Crippen LogP contribution is 2.07. The van der Waals surface area contributed by atoms with Crippen molar-refractivity contribution in [2.24, 2.45) is 7.05 Å². The molecule has 0 aliphatic carbocycles. The standard InChI is InChI=1S/C15H21N5O/c1-4-8-16-14-7-5-6-13(18-14)15(21)17-9-12-10-20(3)19-11(12)2/h5-7,10H,4,8-9H2,1-3H3,(H,16,18)(H,17,21). The number of hydrogen-bond donors (Lipinski definition) is 2. The zero-order chi connectivity index (χ0) is 15.2. The zero-order valence-electron chi connectivity index (χ0n) is 12.7. The molecule has 2 rings (SSSR count). The smallest absolute Gasteiger partial charge is 0.270 e. The van der Waals surface area contributed by atoms with E-state index in [1.165, 1.54) is 0 Å². The fourth-order valence-corrected chi connectivity index (χ4v) is 2.00. The number of carbonyl (C=O) groups excluding carboxylic acids is 1. The molecule has 0 bridgehead atoms. The molecule has 6 nitrogen and oxygen atoms in total. The molecule has 2 aromatic heterocycles. The van der Waals surface area contributed by atoms with Crippen LogP contribution in [0.1, 0.15) is 35.1 Å². The van der Waals surface area contributed by atoms with Crippen molar-refractivity contribution in [3.05, 3.63) is 41.3 Å². The summed E-state index contributed by atoms with van der Waals surface area (Å²) >= 11 is 0. The first-order chi connectivity index (χ1) is 10.1. The van der Waals surface area contributed by atoms with Crippen LogP contribution < -0.4 is 10.6 Å². The van der Waals surface area contributed by atoms with Crippen LogP contribution in [0.15, 0.2) is 24.4 Å². The molecule has 1 amide bonds. The van der Waals surface area contributed by atoms with E-state index in [1.807, 2.05) is 32.3 Å². The van der Waals surface area contributed by atoms with E-state index in [1.54, 1.807) is 10.7 Å². The van der Waals surface area contributed by atoms with Gasteiger partial charge in [0, 0.05) is 31.9 Å². The average molecular weight is 287 g/mol. The monoisotopic (exact) mass is 287 g/mol. The van der Waals surface area contributed by atoms with E-state index in [0.29, 0.717) is 12.2 Å². The first-order valence-electron chi connectivity index (χ1n) is 7.08. The number of nitrogens with zero attached hydrogens (tertiary/aromatic N) is 3. The molecule has 0 radical (unpaired) electrons. The van der Waals surface area contributed by atoms with Crippen molar-refractivity contribution < 1.29 is 4.79 Å². The topological polar surface area (TPSA) is 71.8 Å². The Morgan fingerprint density at radius 3 is 2.86 bits per heavy atom. The van der Waals surface area contributed by atoms with Crippen molar-refractivity contribution >= 4 is 11.7 Å². The minimum absolute atomic E-state index is 0.182. The lowest BCUT2D eigenvalue weighted by Gasteiger charge is -2.07. The van der Waals surface area contributed by atoms with E-state index in [9.17, 15) is 4.79 Å². The maximum Gasteiger partial charge on any atom is 0.270 e. The van der Waals surface area contributed by atoms with Crippen LogP contribution in [-0.2, 0) is 13.6 Å². The van der Waals surface area contributed by atoms with Crippen molar-refractivity contribution in [1.82, 2.24) is 20.1 Å². The van der Waals surface area contributed by atoms with Gasteiger partial charge < -0.3 is 10.6 Å². The molecule has 0 unspecified atom stereocenters. The predicted octanol–water partition coefficient (Wildman–Crippen LogP) is 1.88. The van der Waals surface area contributed by atoms with Crippen LogP contribution in [0.5, 0.6) is 0 Å². The van der Waals surface area contributed by atoms with E-state index < -0.39 is 0 Å². The van der Waals surface area contributed by atoms with Crippen molar-refractivity contribution in [3.8, 4) is 0 Å². The molecule has 0 saturated carbocycles. The van der Waals surface area contributed by atoms with Crippen LogP contribution in [0.3, 0.4) is 0 Å². The van der Waals surface area contributed by atoms with E-state index >= 15 is 0 Å². The molecule has 0 atom stereocenters. The van der Waals surface area contributed by atoms with E-state index in [-0.39, 0.29) is 5.91 Å². The molecular weight excluding hydrogens is 266 g/mol. The number of nitrogens with one attached hydrogen (secondary N) is 2. The number of pyridine rings is 1. The van der Waals surface area contributed by atoms with Crippen molar-refractivity contribution in [2.45, 2.75) is 26.8 Å². The van der Waals surface area contributed by atoms with Gasteiger partial charge >= 0.3 is 0 Å². The lowest BCUT2D eigenvalue weighted by Crippen LogP contribution is -2.24. The molecule has 0 saturated heterocycles. The Labute approximate surface area is 124 Å². The summed E-state index contributed by atoms with van der Waals surface area (Å²) in [6.45, 7) is 5.30. The van der Waals surface area contributed by atoms with Crippen LogP contribution >= 0.6 is 0 Å². The summed E-state index contributed by atoms with van der Waals surface area (Å²) in [6.07, 6.45) is 2.92. The Morgan fingerprint density at radius 2 is 2.19 bits per heavy atom. The van der Waals surface area contributed by atoms with Gasteiger partial charge in [-0.2, -0.15) is 5.10 Å². The van der Waals surface area contributed by atoms with Crippen LogP contribution in [0.25, 0.3) is 0 Å². The Kier molecular flexibility index (Phi) is 4.92. The van der Waals surface area contributed by atoms with Crippen molar-refractivity contribution in [3.63, 3.8) is 0 Å². The third-order valence-corrected chi connectivity index (χ3v) is 3.09. The van der Waals surface area contributed by atoms with Crippen molar-refractivity contribution in [1.29, 1.82) is 0 Å². The number of amides is 1. The molecule has 2 N–H and O–H groups in total. The third kappa shape index (κ3) is 4.05. The second-order valence-electron chi connectivity index (χ2n) is 4.93. The molecule has 0 aliphatic heterocycles. The average Bonchev–Trinajstić information content (AvgIpc) is 2.81. The Hall–Kier alpha value is -2.37. The fraction of sp³-hybridized carbons (Fsp3) is 0.400. The maximum absolute atomic E-state index is 12.1. The summed E-state index contributed by atoms with van der Waals surface area (Å²) < 4.78 is 1.74. The van der Waals surface area contributed by atoms with Crippen LogP contribution in [0, 0.1) is 6.92 Å². The number of aryl methyl sites for hydroxylation is 2. The summed E-state index contributed by atoms with van der Waals surface area (Å²) in [5.41, 5.74) is 2.34.